The average molecular weight is 401 g/mol. The number of halogens is 1. The van der Waals surface area contributed by atoms with Gasteiger partial charge in [0.25, 0.3) is 5.91 Å². The molecule has 154 valence electrons. The normalized spacial score (nSPS) is 14.0. The molecule has 0 bridgehead atoms. The molecule has 2 heterocycles. The van der Waals surface area contributed by atoms with Crippen LogP contribution in [0, 0.1) is 5.82 Å². The fourth-order valence-corrected chi connectivity index (χ4v) is 3.19. The second-order valence-corrected chi connectivity index (χ2v) is 6.90. The molecular weight excluding hydrogens is 377 g/mol. The van der Waals surface area contributed by atoms with Crippen LogP contribution in [-0.4, -0.2) is 60.2 Å². The molecule has 1 aliphatic rings. The van der Waals surface area contributed by atoms with E-state index in [0.29, 0.717) is 45.6 Å². The first kappa shape index (κ1) is 20.6. The Labute approximate surface area is 168 Å². The minimum absolute atomic E-state index is 0.0166. The number of carbonyl (C=O) groups excluding carboxylic acids is 3. The zero-order valence-electron chi connectivity index (χ0n) is 16.1. The molecule has 0 radical (unpaired) electrons. The van der Waals surface area contributed by atoms with Crippen molar-refractivity contribution in [2.75, 3.05) is 32.7 Å². The second-order valence-electron chi connectivity index (χ2n) is 6.90. The molecule has 1 fully saturated rings. The van der Waals surface area contributed by atoms with Gasteiger partial charge in [0.1, 0.15) is 5.82 Å². The van der Waals surface area contributed by atoms with E-state index in [9.17, 15) is 18.8 Å². The van der Waals surface area contributed by atoms with E-state index in [0.717, 1.165) is 5.56 Å². The maximum Gasteiger partial charge on any atom is 0.286 e. The molecule has 0 aliphatic carbocycles. The largest absolute Gasteiger partial charge is 0.459 e. The first-order valence-electron chi connectivity index (χ1n) is 9.64. The van der Waals surface area contributed by atoms with Crippen molar-refractivity contribution >= 4 is 17.7 Å². The van der Waals surface area contributed by atoms with Crippen LogP contribution in [0.4, 0.5) is 4.39 Å². The third kappa shape index (κ3) is 5.91. The molecule has 1 saturated heterocycles. The molecule has 1 N–H and O–H groups in total. The van der Waals surface area contributed by atoms with E-state index in [1.807, 2.05) is 0 Å². The number of nitrogens with zero attached hydrogens (tertiary/aromatic N) is 2. The number of piperazine rings is 1. The van der Waals surface area contributed by atoms with Gasteiger partial charge < -0.3 is 19.5 Å². The van der Waals surface area contributed by atoms with Crippen molar-refractivity contribution < 1.29 is 23.2 Å². The summed E-state index contributed by atoms with van der Waals surface area (Å²) in [5.74, 6) is -0.380. The lowest BCUT2D eigenvalue weighted by Crippen LogP contribution is -2.51. The Balaban J connectivity index is 1.34. The predicted octanol–water partition coefficient (Wildman–Crippen LogP) is 1.84. The van der Waals surface area contributed by atoms with Gasteiger partial charge in [-0.25, -0.2) is 4.39 Å². The number of rotatable bonds is 7. The topological polar surface area (TPSA) is 82.9 Å². The Morgan fingerprint density at radius 3 is 2.24 bits per heavy atom. The zero-order valence-corrected chi connectivity index (χ0v) is 16.1. The Hall–Kier alpha value is -3.16. The minimum Gasteiger partial charge on any atom is -0.459 e. The molecule has 3 rings (SSSR count). The molecule has 3 amide bonds. The molecule has 2 aromatic rings. The van der Waals surface area contributed by atoms with Crippen LogP contribution in [0.15, 0.2) is 47.1 Å². The number of hydrogen-bond donors (Lipinski definition) is 1. The third-order valence-electron chi connectivity index (χ3n) is 4.85. The van der Waals surface area contributed by atoms with Crippen molar-refractivity contribution in [2.45, 2.75) is 19.3 Å². The van der Waals surface area contributed by atoms with Crippen LogP contribution in [0.2, 0.25) is 0 Å². The van der Waals surface area contributed by atoms with Crippen LogP contribution >= 0.6 is 0 Å². The summed E-state index contributed by atoms with van der Waals surface area (Å²) in [6.45, 7) is 2.35. The summed E-state index contributed by atoms with van der Waals surface area (Å²) < 4.78 is 18.0. The quantitative estimate of drug-likeness (QED) is 0.718. The van der Waals surface area contributed by atoms with Crippen molar-refractivity contribution in [1.29, 1.82) is 0 Å². The Morgan fingerprint density at radius 2 is 1.62 bits per heavy atom. The van der Waals surface area contributed by atoms with Gasteiger partial charge in [0.05, 0.1) is 12.7 Å². The first-order valence-corrected chi connectivity index (χ1v) is 9.64. The van der Waals surface area contributed by atoms with Crippen LogP contribution < -0.4 is 5.32 Å². The average Bonchev–Trinajstić information content (AvgIpc) is 3.28. The summed E-state index contributed by atoms with van der Waals surface area (Å²) in [5.41, 5.74) is 0.770. The number of nitrogens with one attached hydrogen (secondary N) is 1. The lowest BCUT2D eigenvalue weighted by Gasteiger charge is -2.35. The fraction of sp³-hybridized carbons (Fsp3) is 0.381. The molecule has 7 nitrogen and oxygen atoms in total. The number of furan rings is 1. The molecule has 0 atom stereocenters. The first-order chi connectivity index (χ1) is 14.0. The van der Waals surface area contributed by atoms with E-state index in [2.05, 4.69) is 5.32 Å². The highest BCUT2D eigenvalue weighted by atomic mass is 19.1. The van der Waals surface area contributed by atoms with Crippen LogP contribution in [0.1, 0.15) is 29.0 Å². The van der Waals surface area contributed by atoms with E-state index < -0.39 is 0 Å². The molecular formula is C21H24FN3O4. The van der Waals surface area contributed by atoms with Crippen molar-refractivity contribution in [2.24, 2.45) is 0 Å². The van der Waals surface area contributed by atoms with E-state index in [1.165, 1.54) is 18.4 Å². The van der Waals surface area contributed by atoms with Crippen LogP contribution in [-0.2, 0) is 16.0 Å². The van der Waals surface area contributed by atoms with Crippen molar-refractivity contribution in [3.05, 3.63) is 59.8 Å². The highest BCUT2D eigenvalue weighted by Gasteiger charge is 2.23. The van der Waals surface area contributed by atoms with E-state index in [4.69, 9.17) is 4.42 Å². The summed E-state index contributed by atoms with van der Waals surface area (Å²) in [5, 5.41) is 2.71. The van der Waals surface area contributed by atoms with E-state index >= 15 is 0 Å². The maximum atomic E-state index is 13.0. The third-order valence-corrected chi connectivity index (χ3v) is 4.85. The standard InChI is InChI=1S/C21H24FN3O4/c22-17-7-5-16(6-8-17)15-20(27)25-12-10-24(11-13-25)19(26)4-1-9-23-21(28)18-3-2-14-29-18/h2-3,5-8,14H,1,4,9-13,15H2,(H,23,28). The summed E-state index contributed by atoms with van der Waals surface area (Å²) in [6, 6.07) is 9.13. The molecule has 1 aromatic heterocycles. The number of benzene rings is 1. The molecule has 0 unspecified atom stereocenters. The van der Waals surface area contributed by atoms with Gasteiger partial charge in [-0.1, -0.05) is 12.1 Å². The predicted molar refractivity (Wildman–Crippen MR) is 104 cm³/mol. The SMILES string of the molecule is O=C(NCCCC(=O)N1CCN(C(=O)Cc2ccc(F)cc2)CC1)c1ccco1. The Kier molecular flexibility index (Phi) is 6.99. The van der Waals surface area contributed by atoms with Crippen molar-refractivity contribution in [3.63, 3.8) is 0 Å². The van der Waals surface area contributed by atoms with E-state index in [1.54, 1.807) is 34.1 Å². The number of amides is 3. The molecule has 1 aliphatic heterocycles. The van der Waals surface area contributed by atoms with Crippen LogP contribution in [0.3, 0.4) is 0 Å². The van der Waals surface area contributed by atoms with Gasteiger partial charge in [0, 0.05) is 39.1 Å². The van der Waals surface area contributed by atoms with Crippen molar-refractivity contribution in [1.82, 2.24) is 15.1 Å². The second kappa shape index (κ2) is 9.86. The van der Waals surface area contributed by atoms with Gasteiger partial charge in [0.2, 0.25) is 11.8 Å². The summed E-state index contributed by atoms with van der Waals surface area (Å²) in [6.07, 6.45) is 2.53. The number of carbonyl (C=O) groups is 3. The van der Waals surface area contributed by atoms with Crippen LogP contribution in [0.5, 0.6) is 0 Å². The lowest BCUT2D eigenvalue weighted by atomic mass is 10.1. The monoisotopic (exact) mass is 401 g/mol. The Morgan fingerprint density at radius 1 is 0.966 bits per heavy atom. The fourth-order valence-electron chi connectivity index (χ4n) is 3.19. The maximum absolute atomic E-state index is 13.0. The molecule has 8 heteroatoms. The summed E-state index contributed by atoms with van der Waals surface area (Å²) in [7, 11) is 0. The van der Waals surface area contributed by atoms with Gasteiger partial charge in [-0.05, 0) is 36.2 Å². The minimum atomic E-state index is -0.325. The Bertz CT molecular complexity index is 828. The highest BCUT2D eigenvalue weighted by molar-refractivity contribution is 5.91. The zero-order chi connectivity index (χ0) is 20.6. The molecule has 1 aromatic carbocycles. The van der Waals surface area contributed by atoms with E-state index in [-0.39, 0.29) is 35.7 Å². The smallest absolute Gasteiger partial charge is 0.286 e. The summed E-state index contributed by atoms with van der Waals surface area (Å²) >= 11 is 0. The number of hydrogen-bond acceptors (Lipinski definition) is 4. The molecule has 0 saturated carbocycles. The summed E-state index contributed by atoms with van der Waals surface area (Å²) in [4.78, 5) is 39.9. The lowest BCUT2D eigenvalue weighted by molar-refractivity contribution is -0.139. The molecule has 29 heavy (non-hydrogen) atoms. The van der Waals surface area contributed by atoms with Gasteiger partial charge in [-0.15, -0.1) is 0 Å². The van der Waals surface area contributed by atoms with Gasteiger partial charge in [0.15, 0.2) is 5.76 Å². The molecule has 0 spiro atoms. The van der Waals surface area contributed by atoms with Gasteiger partial charge in [-0.3, -0.25) is 14.4 Å². The van der Waals surface area contributed by atoms with Gasteiger partial charge >= 0.3 is 0 Å². The van der Waals surface area contributed by atoms with Gasteiger partial charge in [-0.2, -0.15) is 0 Å². The van der Waals surface area contributed by atoms with Crippen molar-refractivity contribution in [3.8, 4) is 0 Å². The van der Waals surface area contributed by atoms with Crippen LogP contribution in [0.25, 0.3) is 0 Å². The highest BCUT2D eigenvalue weighted by Crippen LogP contribution is 2.10.